The maximum Gasteiger partial charge on any atom is 0.289 e. The van der Waals surface area contributed by atoms with Crippen molar-refractivity contribution in [3.05, 3.63) is 47.0 Å². The van der Waals surface area contributed by atoms with E-state index in [0.717, 1.165) is 17.0 Å². The van der Waals surface area contributed by atoms with E-state index in [1.54, 1.807) is 22.9 Å². The van der Waals surface area contributed by atoms with Crippen LogP contribution in [0.3, 0.4) is 0 Å². The van der Waals surface area contributed by atoms with Gasteiger partial charge in [0.15, 0.2) is 9.84 Å². The lowest BCUT2D eigenvalue weighted by Crippen LogP contribution is -2.18. The fourth-order valence-corrected chi connectivity index (χ4v) is 4.59. The number of rotatable bonds is 4. The van der Waals surface area contributed by atoms with E-state index in [1.807, 2.05) is 13.8 Å². The number of pyridine rings is 1. The summed E-state index contributed by atoms with van der Waals surface area (Å²) in [5, 5.41) is 8.42. The van der Waals surface area contributed by atoms with Gasteiger partial charge >= 0.3 is 0 Å². The molecule has 1 atom stereocenters. The molecule has 25 heavy (non-hydrogen) atoms. The molecule has 8 nitrogen and oxygen atoms in total. The Labute approximate surface area is 145 Å². The number of nitrogens with one attached hydrogen (secondary N) is 1. The number of nitrogens with zero attached hydrogens (tertiary/aromatic N) is 4. The van der Waals surface area contributed by atoms with E-state index in [-0.39, 0.29) is 23.2 Å². The van der Waals surface area contributed by atoms with Crippen LogP contribution in [0.4, 0.5) is 0 Å². The van der Waals surface area contributed by atoms with Gasteiger partial charge in [0.2, 0.25) is 0 Å². The summed E-state index contributed by atoms with van der Waals surface area (Å²) in [7, 11) is -2.98. The molecule has 3 heterocycles. The van der Waals surface area contributed by atoms with Crippen molar-refractivity contribution in [2.45, 2.75) is 26.3 Å². The number of hydrazone groups is 1. The molecule has 0 unspecified atom stereocenters. The Balaban J connectivity index is 1.74. The number of aromatic nitrogens is 3. The number of aryl methyl sites for hydroxylation is 1. The first-order valence-corrected chi connectivity index (χ1v) is 9.70. The van der Waals surface area contributed by atoms with E-state index < -0.39 is 15.7 Å². The summed E-state index contributed by atoms with van der Waals surface area (Å²) >= 11 is 0. The third-order valence-electron chi connectivity index (χ3n) is 4.19. The molecule has 0 aromatic carbocycles. The van der Waals surface area contributed by atoms with E-state index in [2.05, 4.69) is 20.6 Å². The smallest absolute Gasteiger partial charge is 0.266 e. The van der Waals surface area contributed by atoms with Crippen molar-refractivity contribution in [3.63, 3.8) is 0 Å². The monoisotopic (exact) mass is 361 g/mol. The normalized spacial score (nSPS) is 19.4. The van der Waals surface area contributed by atoms with Crippen molar-refractivity contribution < 1.29 is 13.2 Å². The second kappa shape index (κ2) is 6.75. The predicted octanol–water partition coefficient (Wildman–Crippen LogP) is 1.02. The van der Waals surface area contributed by atoms with Gasteiger partial charge in [0.25, 0.3) is 5.91 Å². The average molecular weight is 361 g/mol. The lowest BCUT2D eigenvalue weighted by atomic mass is 10.2. The fourth-order valence-electron chi connectivity index (χ4n) is 2.90. The Morgan fingerprint density at radius 2 is 2.20 bits per heavy atom. The van der Waals surface area contributed by atoms with Gasteiger partial charge in [-0.05, 0) is 32.4 Å². The van der Waals surface area contributed by atoms with Crippen LogP contribution in [0.5, 0.6) is 0 Å². The number of carbonyl (C=O) groups is 1. The Bertz CT molecular complexity index is 919. The lowest BCUT2D eigenvalue weighted by Gasteiger charge is -2.10. The van der Waals surface area contributed by atoms with Crippen LogP contribution >= 0.6 is 0 Å². The van der Waals surface area contributed by atoms with Crippen molar-refractivity contribution in [2.75, 3.05) is 11.5 Å². The predicted molar refractivity (Wildman–Crippen MR) is 93.3 cm³/mol. The molecule has 9 heteroatoms. The topological polar surface area (TPSA) is 106 Å². The summed E-state index contributed by atoms with van der Waals surface area (Å²) < 4.78 is 25.1. The van der Waals surface area contributed by atoms with Gasteiger partial charge in [0.1, 0.15) is 5.69 Å². The van der Waals surface area contributed by atoms with E-state index in [4.69, 9.17) is 0 Å². The molecule has 0 aliphatic carbocycles. The van der Waals surface area contributed by atoms with E-state index in [1.165, 1.54) is 12.4 Å². The van der Waals surface area contributed by atoms with Gasteiger partial charge in [-0.2, -0.15) is 10.2 Å². The van der Waals surface area contributed by atoms with Crippen LogP contribution in [0.2, 0.25) is 0 Å². The molecule has 1 amide bonds. The molecule has 3 rings (SSSR count). The number of hydrogen-bond donors (Lipinski definition) is 1. The molecule has 0 bridgehead atoms. The number of carbonyl (C=O) groups excluding carboxylic acids is 1. The number of hydrogen-bond acceptors (Lipinski definition) is 6. The largest absolute Gasteiger partial charge is 0.289 e. The summed E-state index contributed by atoms with van der Waals surface area (Å²) in [6.07, 6.45) is 3.63. The van der Waals surface area contributed by atoms with Gasteiger partial charge in [-0.15, -0.1) is 0 Å². The molecule has 0 radical (unpaired) electrons. The minimum atomic E-state index is -2.98. The van der Waals surface area contributed by atoms with Crippen molar-refractivity contribution in [1.29, 1.82) is 0 Å². The molecule has 0 saturated carbocycles. The highest BCUT2D eigenvalue weighted by molar-refractivity contribution is 7.91. The van der Waals surface area contributed by atoms with Crippen LogP contribution in [-0.4, -0.2) is 46.8 Å². The number of sulfone groups is 1. The van der Waals surface area contributed by atoms with Gasteiger partial charge in [-0.3, -0.25) is 14.5 Å². The first-order valence-electron chi connectivity index (χ1n) is 7.88. The van der Waals surface area contributed by atoms with E-state index in [9.17, 15) is 13.2 Å². The highest BCUT2D eigenvalue weighted by atomic mass is 32.2. The quantitative estimate of drug-likeness (QED) is 0.646. The van der Waals surface area contributed by atoms with E-state index in [0.29, 0.717) is 6.42 Å². The average Bonchev–Trinajstić information content (AvgIpc) is 3.08. The zero-order valence-corrected chi connectivity index (χ0v) is 14.8. The summed E-state index contributed by atoms with van der Waals surface area (Å²) in [4.78, 5) is 15.9. The first-order chi connectivity index (χ1) is 11.9. The second-order valence-electron chi connectivity index (χ2n) is 6.00. The van der Waals surface area contributed by atoms with Crippen molar-refractivity contribution >= 4 is 22.0 Å². The Kier molecular flexibility index (Phi) is 4.67. The van der Waals surface area contributed by atoms with Crippen LogP contribution < -0.4 is 5.43 Å². The molecule has 1 fully saturated rings. The van der Waals surface area contributed by atoms with Crippen LogP contribution in [0, 0.1) is 13.8 Å². The molecule has 2 aromatic rings. The van der Waals surface area contributed by atoms with Gasteiger partial charge in [-0.25, -0.2) is 13.8 Å². The van der Waals surface area contributed by atoms with Crippen LogP contribution in [0.15, 0.2) is 29.5 Å². The standard InChI is InChI=1S/C16H19N5O3S/c1-11-14(9-18-19-16(22)15-5-3-4-7-17-15)12(2)21(20-11)13-6-8-25(23,24)10-13/h3-5,7,9,13H,6,8,10H2,1-2H3,(H,19,22)/b18-9-/t13-/m0/s1. The highest BCUT2D eigenvalue weighted by Gasteiger charge is 2.31. The minimum absolute atomic E-state index is 0.113. The van der Waals surface area contributed by atoms with Gasteiger partial charge in [0.05, 0.1) is 29.5 Å². The fraction of sp³-hybridized carbons (Fsp3) is 0.375. The maximum atomic E-state index is 11.9. The third-order valence-corrected chi connectivity index (χ3v) is 5.94. The van der Waals surface area contributed by atoms with E-state index >= 15 is 0 Å². The summed E-state index contributed by atoms with van der Waals surface area (Å²) in [6.45, 7) is 3.70. The zero-order chi connectivity index (χ0) is 18.0. The van der Waals surface area contributed by atoms with Gasteiger partial charge in [-0.1, -0.05) is 6.07 Å². The Hall–Kier alpha value is -2.55. The first kappa shape index (κ1) is 17.3. The van der Waals surface area contributed by atoms with Gasteiger partial charge < -0.3 is 0 Å². The SMILES string of the molecule is Cc1nn([C@H]2CCS(=O)(=O)C2)c(C)c1/C=N\NC(=O)c1ccccn1. The molecule has 1 aliphatic rings. The molecule has 1 aliphatic heterocycles. The molecule has 132 valence electrons. The molecule has 1 saturated heterocycles. The molecular formula is C16H19N5O3S. The van der Waals surface area contributed by atoms with Crippen LogP contribution in [0.1, 0.15) is 39.9 Å². The number of amides is 1. The van der Waals surface area contributed by atoms with Crippen LogP contribution in [0.25, 0.3) is 0 Å². The summed E-state index contributed by atoms with van der Waals surface area (Å²) in [5.74, 6) is -0.0944. The Morgan fingerprint density at radius 3 is 2.84 bits per heavy atom. The molecular weight excluding hydrogens is 342 g/mol. The summed E-state index contributed by atoms with van der Waals surface area (Å²) in [5.41, 5.74) is 5.04. The van der Waals surface area contributed by atoms with Crippen molar-refractivity contribution in [2.24, 2.45) is 5.10 Å². The van der Waals surface area contributed by atoms with Crippen molar-refractivity contribution in [1.82, 2.24) is 20.2 Å². The molecule has 1 N–H and O–H groups in total. The molecule has 0 spiro atoms. The van der Waals surface area contributed by atoms with Crippen LogP contribution in [-0.2, 0) is 9.84 Å². The maximum absolute atomic E-state index is 11.9. The summed E-state index contributed by atoms with van der Waals surface area (Å²) in [6, 6.07) is 4.90. The third kappa shape index (κ3) is 3.76. The molecule has 2 aromatic heterocycles. The Morgan fingerprint density at radius 1 is 1.40 bits per heavy atom. The second-order valence-corrected chi connectivity index (χ2v) is 8.23. The van der Waals surface area contributed by atoms with Gasteiger partial charge in [0, 0.05) is 17.5 Å². The van der Waals surface area contributed by atoms with Crippen molar-refractivity contribution in [3.8, 4) is 0 Å². The minimum Gasteiger partial charge on any atom is -0.266 e. The zero-order valence-electron chi connectivity index (χ0n) is 14.0. The lowest BCUT2D eigenvalue weighted by molar-refractivity contribution is 0.0950. The highest BCUT2D eigenvalue weighted by Crippen LogP contribution is 2.26.